The maximum Gasteiger partial charge on any atom is 0.335 e. The Morgan fingerprint density at radius 3 is 2.58 bits per heavy atom. The van der Waals surface area contributed by atoms with Crippen LogP contribution in [0.2, 0.25) is 5.02 Å². The lowest BCUT2D eigenvalue weighted by Crippen LogP contribution is -2.40. The van der Waals surface area contributed by atoms with Crippen molar-refractivity contribution >= 4 is 46.0 Å². The number of nitrogens with zero attached hydrogens (tertiary/aromatic N) is 2. The van der Waals surface area contributed by atoms with Crippen molar-refractivity contribution in [1.29, 1.82) is 0 Å². The summed E-state index contributed by atoms with van der Waals surface area (Å²) in [6, 6.07) is 18.0. The van der Waals surface area contributed by atoms with Crippen molar-refractivity contribution in [2.75, 3.05) is 18.5 Å². The lowest BCUT2D eigenvalue weighted by molar-refractivity contribution is -0.132. The molecule has 40 heavy (non-hydrogen) atoms. The number of nitrogens with one attached hydrogen (secondary N) is 1. The Bertz CT molecular complexity index is 1590. The highest BCUT2D eigenvalue weighted by molar-refractivity contribution is 6.34. The number of benzene rings is 3. The molecule has 8 nitrogen and oxygen atoms in total. The molecule has 5 rings (SSSR count). The van der Waals surface area contributed by atoms with E-state index in [2.05, 4.69) is 5.32 Å². The second-order valence-electron chi connectivity index (χ2n) is 9.79. The number of carbonyl (C=O) groups excluding carboxylic acids is 2. The van der Waals surface area contributed by atoms with Crippen LogP contribution in [-0.2, 0) is 18.3 Å². The van der Waals surface area contributed by atoms with Crippen molar-refractivity contribution < 1.29 is 28.6 Å². The SMILES string of the molecule is Cn1cc(C(=O)Nc2ccc(CC(=O)N3C[C@@H](F)C[C@H]3COc3ccc(C(=O)O)cc3)cc2Cl)c2ccccc21. The lowest BCUT2D eigenvalue weighted by atomic mass is 10.1. The van der Waals surface area contributed by atoms with Gasteiger partial charge in [0.2, 0.25) is 5.91 Å². The quantitative estimate of drug-likeness (QED) is 0.301. The Labute approximate surface area is 234 Å². The van der Waals surface area contributed by atoms with E-state index in [1.165, 1.54) is 29.2 Å². The molecule has 1 aromatic heterocycles. The number of aromatic carboxylic acids is 1. The molecule has 1 aliphatic rings. The maximum atomic E-state index is 14.3. The van der Waals surface area contributed by atoms with Crippen molar-refractivity contribution in [1.82, 2.24) is 9.47 Å². The number of rotatable bonds is 8. The number of likely N-dealkylation sites (tertiary alicyclic amines) is 1. The fourth-order valence-corrected chi connectivity index (χ4v) is 5.22. The van der Waals surface area contributed by atoms with Crippen LogP contribution in [0.1, 0.15) is 32.7 Å². The van der Waals surface area contributed by atoms with Crippen molar-refractivity contribution in [3.05, 3.63) is 94.6 Å². The van der Waals surface area contributed by atoms with Crippen LogP contribution in [0.4, 0.5) is 10.1 Å². The van der Waals surface area contributed by atoms with Crippen LogP contribution in [0, 0.1) is 0 Å². The summed E-state index contributed by atoms with van der Waals surface area (Å²) in [4.78, 5) is 38.6. The molecule has 0 aliphatic carbocycles. The summed E-state index contributed by atoms with van der Waals surface area (Å²) < 4.78 is 21.9. The Hall–Kier alpha value is -4.37. The Morgan fingerprint density at radius 1 is 1.10 bits per heavy atom. The molecule has 2 N–H and O–H groups in total. The van der Waals surface area contributed by atoms with Crippen molar-refractivity contribution in [3.8, 4) is 5.75 Å². The zero-order valence-electron chi connectivity index (χ0n) is 21.6. The number of ether oxygens (including phenoxy) is 1. The number of alkyl halides is 1. The monoisotopic (exact) mass is 563 g/mol. The first-order valence-electron chi connectivity index (χ1n) is 12.7. The molecule has 0 unspecified atom stereocenters. The van der Waals surface area contributed by atoms with Gasteiger partial charge in [0, 0.05) is 30.6 Å². The van der Waals surface area contributed by atoms with Gasteiger partial charge in [-0.3, -0.25) is 9.59 Å². The molecule has 2 heterocycles. The minimum atomic E-state index is -1.16. The molecule has 1 aliphatic heterocycles. The molecule has 1 saturated heterocycles. The topological polar surface area (TPSA) is 101 Å². The summed E-state index contributed by atoms with van der Waals surface area (Å²) in [5.74, 6) is -1.17. The molecule has 0 radical (unpaired) electrons. The van der Waals surface area contributed by atoms with Gasteiger partial charge in [-0.15, -0.1) is 0 Å². The van der Waals surface area contributed by atoms with E-state index >= 15 is 0 Å². The number of aryl methyl sites for hydroxylation is 1. The Morgan fingerprint density at radius 2 is 1.85 bits per heavy atom. The molecule has 2 amide bonds. The maximum absolute atomic E-state index is 14.3. The number of hydrogen-bond donors (Lipinski definition) is 2. The highest BCUT2D eigenvalue weighted by Crippen LogP contribution is 2.28. The first-order valence-corrected chi connectivity index (χ1v) is 13.1. The predicted octanol–water partition coefficient (Wildman–Crippen LogP) is 5.34. The third-order valence-corrected chi connectivity index (χ3v) is 7.32. The zero-order valence-corrected chi connectivity index (χ0v) is 22.4. The van der Waals surface area contributed by atoms with Gasteiger partial charge in [-0.25, -0.2) is 9.18 Å². The Kier molecular flexibility index (Phi) is 7.75. The fourth-order valence-electron chi connectivity index (χ4n) is 4.97. The van der Waals surface area contributed by atoms with E-state index in [4.69, 9.17) is 21.4 Å². The molecule has 3 aromatic carbocycles. The van der Waals surface area contributed by atoms with Crippen LogP contribution in [0.25, 0.3) is 10.9 Å². The number of carbonyl (C=O) groups is 3. The van der Waals surface area contributed by atoms with Crippen LogP contribution in [-0.4, -0.2) is 57.7 Å². The number of halogens is 2. The van der Waals surface area contributed by atoms with Crippen LogP contribution in [0.15, 0.2) is 72.9 Å². The number of carboxylic acids is 1. The lowest BCUT2D eigenvalue weighted by Gasteiger charge is -2.24. The number of amides is 2. The molecule has 10 heteroatoms. The van der Waals surface area contributed by atoms with Gasteiger partial charge < -0.3 is 24.6 Å². The molecule has 206 valence electrons. The van der Waals surface area contributed by atoms with Crippen molar-refractivity contribution in [3.63, 3.8) is 0 Å². The summed E-state index contributed by atoms with van der Waals surface area (Å²) in [5.41, 5.74) is 2.64. The second kappa shape index (κ2) is 11.4. The highest BCUT2D eigenvalue weighted by atomic mass is 35.5. The van der Waals surface area contributed by atoms with E-state index < -0.39 is 18.2 Å². The second-order valence-corrected chi connectivity index (χ2v) is 10.2. The summed E-state index contributed by atoms with van der Waals surface area (Å²) in [5, 5.41) is 13.0. The molecule has 0 saturated carbocycles. The third-order valence-electron chi connectivity index (χ3n) is 7.01. The third kappa shape index (κ3) is 5.79. The average molecular weight is 564 g/mol. The fraction of sp³-hybridized carbons (Fsp3) is 0.233. The number of aromatic nitrogens is 1. The molecule has 2 atom stereocenters. The van der Waals surface area contributed by atoms with E-state index in [-0.39, 0.29) is 48.4 Å². The number of para-hydroxylation sites is 1. The largest absolute Gasteiger partial charge is 0.491 e. The molecule has 0 spiro atoms. The van der Waals surface area contributed by atoms with Gasteiger partial charge in [0.05, 0.1) is 40.8 Å². The minimum absolute atomic E-state index is 0.00774. The van der Waals surface area contributed by atoms with Gasteiger partial charge in [-0.1, -0.05) is 35.9 Å². The number of fused-ring (bicyclic) bond motifs is 1. The molecular formula is C30H27ClFN3O5. The minimum Gasteiger partial charge on any atom is -0.491 e. The van der Waals surface area contributed by atoms with E-state index in [0.717, 1.165) is 10.9 Å². The van der Waals surface area contributed by atoms with Gasteiger partial charge in [0.25, 0.3) is 5.91 Å². The molecular weight excluding hydrogens is 537 g/mol. The summed E-state index contributed by atoms with van der Waals surface area (Å²) in [6.07, 6.45) is 0.759. The van der Waals surface area contributed by atoms with Gasteiger partial charge >= 0.3 is 5.97 Å². The normalized spacial score (nSPS) is 16.7. The van der Waals surface area contributed by atoms with Gasteiger partial charge in [-0.2, -0.15) is 0 Å². The van der Waals surface area contributed by atoms with Crippen molar-refractivity contribution in [2.24, 2.45) is 7.05 Å². The molecule has 1 fully saturated rings. The van der Waals surface area contributed by atoms with E-state index in [1.807, 2.05) is 35.9 Å². The van der Waals surface area contributed by atoms with Crippen LogP contribution in [0.5, 0.6) is 5.75 Å². The Balaban J connectivity index is 1.22. The van der Waals surface area contributed by atoms with E-state index in [1.54, 1.807) is 24.4 Å². The average Bonchev–Trinajstić information content (AvgIpc) is 3.48. The summed E-state index contributed by atoms with van der Waals surface area (Å²) in [7, 11) is 1.87. The predicted molar refractivity (Wildman–Crippen MR) is 150 cm³/mol. The smallest absolute Gasteiger partial charge is 0.335 e. The highest BCUT2D eigenvalue weighted by Gasteiger charge is 2.35. The first kappa shape index (κ1) is 27.2. The van der Waals surface area contributed by atoms with Gasteiger partial charge in [-0.05, 0) is 48.0 Å². The number of hydrogen-bond acceptors (Lipinski definition) is 4. The summed E-state index contributed by atoms with van der Waals surface area (Å²) >= 11 is 6.47. The number of anilines is 1. The van der Waals surface area contributed by atoms with Crippen LogP contribution >= 0.6 is 11.6 Å². The molecule has 4 aromatic rings. The molecule has 0 bridgehead atoms. The zero-order chi connectivity index (χ0) is 28.4. The first-order chi connectivity index (χ1) is 19.2. The van der Waals surface area contributed by atoms with E-state index in [9.17, 15) is 18.8 Å². The van der Waals surface area contributed by atoms with Crippen LogP contribution < -0.4 is 10.1 Å². The van der Waals surface area contributed by atoms with Crippen molar-refractivity contribution in [2.45, 2.75) is 25.1 Å². The van der Waals surface area contributed by atoms with Gasteiger partial charge in [0.1, 0.15) is 18.5 Å². The standard InChI is InChI=1S/C30H27ClFN3O5/c1-34-16-24(23-4-2-3-5-27(23)34)29(37)33-26-11-6-18(12-25(26)31)13-28(36)35-15-20(32)14-21(35)17-40-22-9-7-19(8-10-22)30(38)39/h2-12,16,20-21H,13-15,17H2,1H3,(H,33,37)(H,38,39)/t20-,21-/m0/s1. The van der Waals surface area contributed by atoms with E-state index in [0.29, 0.717) is 22.6 Å². The number of carboxylic acid groups (broad SMARTS) is 1. The summed E-state index contributed by atoms with van der Waals surface area (Å²) in [6.45, 7) is 0.0518. The van der Waals surface area contributed by atoms with Crippen LogP contribution in [0.3, 0.4) is 0 Å². The van der Waals surface area contributed by atoms with Gasteiger partial charge in [0.15, 0.2) is 0 Å².